The van der Waals surface area contributed by atoms with E-state index in [-0.39, 0.29) is 13.2 Å². The molecule has 0 aliphatic rings. The summed E-state index contributed by atoms with van der Waals surface area (Å²) < 4.78 is 16.4. The van der Waals surface area contributed by atoms with E-state index in [2.05, 4.69) is 45.0 Å². The third-order valence-electron chi connectivity index (χ3n) is 6.96. The van der Waals surface area contributed by atoms with Gasteiger partial charge in [0.1, 0.15) is 0 Å². The molecular formula is C28H48O4Sn. The van der Waals surface area contributed by atoms with E-state index in [0.717, 1.165) is 0 Å². The van der Waals surface area contributed by atoms with Crippen LogP contribution in [0.1, 0.15) is 92.1 Å². The molecule has 1 aromatic carbocycles. The Bertz CT molecular complexity index is 659. The van der Waals surface area contributed by atoms with Crippen LogP contribution in [-0.4, -0.2) is 43.5 Å². The molecule has 0 unspecified atom stereocenters. The molecule has 0 atom stereocenters. The third kappa shape index (κ3) is 8.92. The fraction of sp³-hybridized carbons (Fsp3) is 0.714. The molecule has 4 nitrogen and oxygen atoms in total. The monoisotopic (exact) mass is 568 g/mol. The molecule has 0 saturated heterocycles. The quantitative estimate of drug-likeness (QED) is 0.118. The summed E-state index contributed by atoms with van der Waals surface area (Å²) in [5.74, 6) is -0.983. The van der Waals surface area contributed by atoms with Crippen LogP contribution in [0, 0.1) is 5.41 Å². The van der Waals surface area contributed by atoms with Crippen LogP contribution >= 0.6 is 0 Å². The number of benzene rings is 1. The number of carbonyl (C=O) groups excluding carboxylic acids is 2. The van der Waals surface area contributed by atoms with Gasteiger partial charge >= 0.3 is 208 Å². The van der Waals surface area contributed by atoms with Crippen molar-refractivity contribution in [1.29, 1.82) is 0 Å². The first-order valence-electron chi connectivity index (χ1n) is 13.3. The van der Waals surface area contributed by atoms with Crippen molar-refractivity contribution in [3.8, 4) is 0 Å². The molecule has 188 valence electrons. The summed E-state index contributed by atoms with van der Waals surface area (Å²) >= 11 is -2.43. The van der Waals surface area contributed by atoms with Gasteiger partial charge in [0.25, 0.3) is 0 Å². The molecule has 0 aliphatic carbocycles. The van der Waals surface area contributed by atoms with Gasteiger partial charge in [-0.1, -0.05) is 0 Å². The van der Waals surface area contributed by atoms with E-state index < -0.39 is 35.7 Å². The summed E-state index contributed by atoms with van der Waals surface area (Å²) in [6.45, 7) is 12.6. The van der Waals surface area contributed by atoms with E-state index in [0.29, 0.717) is 12.8 Å². The van der Waals surface area contributed by atoms with Crippen molar-refractivity contribution in [3.05, 3.63) is 29.8 Å². The predicted molar refractivity (Wildman–Crippen MR) is 141 cm³/mol. The molecule has 0 aliphatic heterocycles. The van der Waals surface area contributed by atoms with Crippen molar-refractivity contribution in [2.75, 3.05) is 13.2 Å². The van der Waals surface area contributed by atoms with Gasteiger partial charge in [-0.3, -0.25) is 0 Å². The Balaban J connectivity index is 3.09. The van der Waals surface area contributed by atoms with E-state index in [1.165, 1.54) is 57.4 Å². The Labute approximate surface area is 207 Å². The van der Waals surface area contributed by atoms with Gasteiger partial charge in [0.05, 0.1) is 0 Å². The standard InChI is InChI=1S/C16H21O4.3C4H9.Sn/c1-4-19-14(17)16(3,15(18)20-5-2)12-11-13-9-7-6-8-10-13;3*1-3-4-2;/h7-10H,4-5,11-12H2,1-3H3;3*1,3-4H2,2H3;. The van der Waals surface area contributed by atoms with Gasteiger partial charge in [-0.15, -0.1) is 0 Å². The van der Waals surface area contributed by atoms with Gasteiger partial charge in [-0.05, 0) is 0 Å². The molecule has 5 heteroatoms. The van der Waals surface area contributed by atoms with Crippen LogP contribution in [0.3, 0.4) is 0 Å². The van der Waals surface area contributed by atoms with Gasteiger partial charge < -0.3 is 0 Å². The number of hydrogen-bond acceptors (Lipinski definition) is 4. The first kappa shape index (κ1) is 30.0. The molecule has 0 fully saturated rings. The molecule has 0 amide bonds. The van der Waals surface area contributed by atoms with Crippen LogP contribution < -0.4 is 3.58 Å². The Morgan fingerprint density at radius 3 is 1.55 bits per heavy atom. The zero-order chi connectivity index (χ0) is 24.7. The van der Waals surface area contributed by atoms with Crippen LogP contribution in [0.5, 0.6) is 0 Å². The topological polar surface area (TPSA) is 52.6 Å². The number of hydrogen-bond donors (Lipinski definition) is 0. The van der Waals surface area contributed by atoms with Gasteiger partial charge in [-0.2, -0.15) is 0 Å². The second-order valence-electron chi connectivity index (χ2n) is 9.56. The maximum atomic E-state index is 12.6. The van der Waals surface area contributed by atoms with Crippen LogP contribution in [0.15, 0.2) is 24.3 Å². The SMILES string of the molecule is CCC[CH2][Sn]([CH2]CCC)([CH2]CCC)[c]1ccc(CCC(C)(C(=O)OCC)C(=O)OCC)cc1. The van der Waals surface area contributed by atoms with E-state index in [1.54, 1.807) is 24.4 Å². The van der Waals surface area contributed by atoms with Crippen LogP contribution in [-0.2, 0) is 25.5 Å². The molecule has 1 aromatic rings. The average molecular weight is 567 g/mol. The number of aryl methyl sites for hydroxylation is 1. The molecule has 1 rings (SSSR count). The first-order chi connectivity index (χ1) is 15.8. The zero-order valence-electron chi connectivity index (χ0n) is 22.1. The van der Waals surface area contributed by atoms with Gasteiger partial charge in [0.2, 0.25) is 0 Å². The first-order valence-corrected chi connectivity index (χ1v) is 20.8. The summed E-state index contributed by atoms with van der Waals surface area (Å²) in [7, 11) is 0. The summed E-state index contributed by atoms with van der Waals surface area (Å²) in [4.78, 5) is 25.1. The summed E-state index contributed by atoms with van der Waals surface area (Å²) in [6, 6.07) is 9.25. The molecule has 0 heterocycles. The Morgan fingerprint density at radius 1 is 0.758 bits per heavy atom. The Hall–Kier alpha value is -1.04. The molecule has 33 heavy (non-hydrogen) atoms. The van der Waals surface area contributed by atoms with Crippen molar-refractivity contribution in [3.63, 3.8) is 0 Å². The normalized spacial score (nSPS) is 11.9. The molecule has 0 aromatic heterocycles. The van der Waals surface area contributed by atoms with E-state index in [9.17, 15) is 9.59 Å². The number of unbranched alkanes of at least 4 members (excludes halogenated alkanes) is 3. The molecule has 0 bridgehead atoms. The summed E-state index contributed by atoms with van der Waals surface area (Å²) in [6.07, 6.45) is 8.91. The number of esters is 2. The fourth-order valence-electron chi connectivity index (χ4n) is 4.64. The van der Waals surface area contributed by atoms with Crippen molar-refractivity contribution < 1.29 is 19.1 Å². The predicted octanol–water partition coefficient (Wildman–Crippen LogP) is 6.81. The number of rotatable bonds is 17. The van der Waals surface area contributed by atoms with Crippen LogP contribution in [0.4, 0.5) is 0 Å². The van der Waals surface area contributed by atoms with E-state index >= 15 is 0 Å². The van der Waals surface area contributed by atoms with Crippen LogP contribution in [0.25, 0.3) is 0 Å². The number of ether oxygens (including phenoxy) is 2. The van der Waals surface area contributed by atoms with E-state index in [1.807, 2.05) is 0 Å². The zero-order valence-corrected chi connectivity index (χ0v) is 25.0. The van der Waals surface area contributed by atoms with Gasteiger partial charge in [0, 0.05) is 0 Å². The molecule has 0 N–H and O–H groups in total. The minimum absolute atomic E-state index is 0.255. The van der Waals surface area contributed by atoms with E-state index in [4.69, 9.17) is 9.47 Å². The maximum absolute atomic E-state index is 12.6. The Kier molecular flexibility index (Phi) is 14.3. The number of carbonyl (C=O) groups is 2. The van der Waals surface area contributed by atoms with Crippen LogP contribution in [0.2, 0.25) is 13.3 Å². The molecule has 0 radical (unpaired) electrons. The molecule has 0 saturated carbocycles. The second kappa shape index (κ2) is 15.8. The van der Waals surface area contributed by atoms with Crippen molar-refractivity contribution in [2.45, 2.75) is 106 Å². The summed E-state index contributed by atoms with van der Waals surface area (Å²) in [5.41, 5.74) is -0.0999. The average Bonchev–Trinajstić information content (AvgIpc) is 2.83. The fourth-order valence-corrected chi connectivity index (χ4v) is 20.6. The molecule has 0 spiro atoms. The Morgan fingerprint density at radius 2 is 1.18 bits per heavy atom. The van der Waals surface area contributed by atoms with Gasteiger partial charge in [-0.25, -0.2) is 0 Å². The summed E-state index contributed by atoms with van der Waals surface area (Å²) in [5, 5.41) is 0. The molecular weight excluding hydrogens is 519 g/mol. The minimum atomic E-state index is -2.43. The van der Waals surface area contributed by atoms with Crippen molar-refractivity contribution >= 4 is 33.9 Å². The third-order valence-corrected chi connectivity index (χ3v) is 22.6. The second-order valence-corrected chi connectivity index (χ2v) is 22.8. The van der Waals surface area contributed by atoms with Crippen molar-refractivity contribution in [1.82, 2.24) is 0 Å². The van der Waals surface area contributed by atoms with Gasteiger partial charge in [0.15, 0.2) is 0 Å². The van der Waals surface area contributed by atoms with Crippen molar-refractivity contribution in [2.24, 2.45) is 5.41 Å².